The minimum atomic E-state index is -0.107. The van der Waals surface area contributed by atoms with E-state index in [2.05, 4.69) is 27.6 Å². The molecular formula is C20H17N5OS2. The first kappa shape index (κ1) is 18.5. The number of nitrogens with zero attached hydrogens (tertiary/aromatic N) is 4. The number of benzene rings is 1. The maximum absolute atomic E-state index is 12.3. The van der Waals surface area contributed by atoms with Crippen molar-refractivity contribution in [2.45, 2.75) is 25.4 Å². The number of hydrogen-bond donors (Lipinski definition) is 1. The van der Waals surface area contributed by atoms with Gasteiger partial charge in [-0.05, 0) is 43.0 Å². The Morgan fingerprint density at radius 1 is 1.25 bits per heavy atom. The zero-order valence-corrected chi connectivity index (χ0v) is 17.0. The molecular weight excluding hydrogens is 390 g/mol. The maximum atomic E-state index is 12.3. The quantitative estimate of drug-likeness (QED) is 0.491. The van der Waals surface area contributed by atoms with Crippen molar-refractivity contribution in [3.8, 4) is 6.07 Å². The molecule has 0 fully saturated rings. The molecule has 4 aromatic rings. The second kappa shape index (κ2) is 7.62. The zero-order valence-electron chi connectivity index (χ0n) is 15.4. The average molecular weight is 408 g/mol. The van der Waals surface area contributed by atoms with Gasteiger partial charge in [-0.3, -0.25) is 9.20 Å². The van der Waals surface area contributed by atoms with Crippen molar-refractivity contribution in [1.29, 1.82) is 5.26 Å². The number of rotatable bonds is 5. The number of nitriles is 1. The SMILES string of the molecule is Cc1sc(NC(=O)CCSc2nnc3ccc4ccccc4n23)c(C#N)c1C. The van der Waals surface area contributed by atoms with E-state index in [9.17, 15) is 10.1 Å². The molecule has 8 heteroatoms. The molecule has 28 heavy (non-hydrogen) atoms. The molecule has 0 radical (unpaired) electrons. The third-order valence-corrected chi connectivity index (χ3v) is 6.61. The highest BCUT2D eigenvalue weighted by atomic mass is 32.2. The Bertz CT molecular complexity index is 1230. The molecule has 3 heterocycles. The molecule has 0 aliphatic rings. The van der Waals surface area contributed by atoms with Crippen LogP contribution in [0.15, 0.2) is 41.6 Å². The van der Waals surface area contributed by atoms with Crippen LogP contribution in [0, 0.1) is 25.2 Å². The Kier molecular flexibility index (Phi) is 5.03. The molecule has 0 atom stereocenters. The lowest BCUT2D eigenvalue weighted by Crippen LogP contribution is -2.12. The van der Waals surface area contributed by atoms with Gasteiger partial charge in [-0.2, -0.15) is 5.26 Å². The second-order valence-electron chi connectivity index (χ2n) is 6.31. The van der Waals surface area contributed by atoms with Gasteiger partial charge in [-0.1, -0.05) is 30.0 Å². The summed E-state index contributed by atoms with van der Waals surface area (Å²) >= 11 is 2.94. The summed E-state index contributed by atoms with van der Waals surface area (Å²) in [5.41, 5.74) is 3.31. The number of carbonyl (C=O) groups is 1. The largest absolute Gasteiger partial charge is 0.317 e. The van der Waals surface area contributed by atoms with Gasteiger partial charge in [-0.15, -0.1) is 21.5 Å². The summed E-state index contributed by atoms with van der Waals surface area (Å²) in [6.07, 6.45) is 0.325. The lowest BCUT2D eigenvalue weighted by molar-refractivity contribution is -0.115. The lowest BCUT2D eigenvalue weighted by Gasteiger charge is -2.05. The first-order valence-corrected chi connectivity index (χ1v) is 10.5. The van der Waals surface area contributed by atoms with E-state index in [1.54, 1.807) is 0 Å². The number of thioether (sulfide) groups is 1. The molecule has 0 spiro atoms. The van der Waals surface area contributed by atoms with Crippen LogP contribution in [0.2, 0.25) is 0 Å². The Morgan fingerprint density at radius 3 is 2.89 bits per heavy atom. The Morgan fingerprint density at radius 2 is 2.07 bits per heavy atom. The molecule has 6 nitrogen and oxygen atoms in total. The Balaban J connectivity index is 1.46. The van der Waals surface area contributed by atoms with Crippen molar-refractivity contribution >= 4 is 50.6 Å². The average Bonchev–Trinajstić information content (AvgIpc) is 3.23. The van der Waals surface area contributed by atoms with E-state index in [1.807, 2.05) is 48.6 Å². The number of thiophene rings is 1. The highest BCUT2D eigenvalue weighted by Gasteiger charge is 2.15. The number of carbonyl (C=O) groups excluding carboxylic acids is 1. The fourth-order valence-corrected chi connectivity index (χ4v) is 4.90. The van der Waals surface area contributed by atoms with Crippen LogP contribution in [0.3, 0.4) is 0 Å². The summed E-state index contributed by atoms with van der Waals surface area (Å²) in [5.74, 6) is 0.463. The summed E-state index contributed by atoms with van der Waals surface area (Å²) in [4.78, 5) is 13.4. The molecule has 4 rings (SSSR count). The molecule has 1 N–H and O–H groups in total. The standard InChI is InChI=1S/C20H17N5OS2/c1-12-13(2)28-19(15(12)11-21)22-18(26)9-10-27-20-24-23-17-8-7-14-5-3-4-6-16(14)25(17)20/h3-8H,9-10H2,1-2H3,(H,22,26). The molecule has 0 saturated carbocycles. The summed E-state index contributed by atoms with van der Waals surface area (Å²) in [7, 11) is 0. The normalized spacial score (nSPS) is 11.0. The zero-order chi connectivity index (χ0) is 19.7. The predicted molar refractivity (Wildman–Crippen MR) is 113 cm³/mol. The number of fused-ring (bicyclic) bond motifs is 3. The van der Waals surface area contributed by atoms with Crippen LogP contribution < -0.4 is 5.32 Å². The number of amides is 1. The van der Waals surface area contributed by atoms with Crippen LogP contribution in [0.1, 0.15) is 22.4 Å². The van der Waals surface area contributed by atoms with E-state index in [0.717, 1.165) is 32.1 Å². The number of aromatic nitrogens is 3. The number of hydrogen-bond acceptors (Lipinski definition) is 6. The third-order valence-electron chi connectivity index (χ3n) is 4.56. The lowest BCUT2D eigenvalue weighted by atomic mass is 10.2. The van der Waals surface area contributed by atoms with Gasteiger partial charge in [0.05, 0.1) is 11.1 Å². The molecule has 1 aromatic carbocycles. The molecule has 0 aliphatic carbocycles. The van der Waals surface area contributed by atoms with Gasteiger partial charge in [-0.25, -0.2) is 0 Å². The summed E-state index contributed by atoms with van der Waals surface area (Å²) in [6, 6.07) is 14.2. The first-order chi connectivity index (χ1) is 13.6. The van der Waals surface area contributed by atoms with Crippen LogP contribution in [-0.4, -0.2) is 26.3 Å². The van der Waals surface area contributed by atoms with Gasteiger partial charge in [0.2, 0.25) is 5.91 Å². The summed E-state index contributed by atoms with van der Waals surface area (Å²) < 4.78 is 2.01. The Hall–Kier alpha value is -2.89. The van der Waals surface area contributed by atoms with E-state index >= 15 is 0 Å². The molecule has 0 unspecified atom stereocenters. The van der Waals surface area contributed by atoms with Crippen molar-refractivity contribution in [3.63, 3.8) is 0 Å². The minimum absolute atomic E-state index is 0.107. The van der Waals surface area contributed by atoms with E-state index < -0.39 is 0 Å². The van der Waals surface area contributed by atoms with Gasteiger partial charge < -0.3 is 5.32 Å². The Labute approximate surface area is 170 Å². The van der Waals surface area contributed by atoms with Crippen molar-refractivity contribution in [1.82, 2.24) is 14.6 Å². The minimum Gasteiger partial charge on any atom is -0.317 e. The third kappa shape index (κ3) is 3.35. The van der Waals surface area contributed by atoms with Gasteiger partial charge in [0.1, 0.15) is 11.1 Å². The van der Waals surface area contributed by atoms with Gasteiger partial charge in [0.15, 0.2) is 10.8 Å². The van der Waals surface area contributed by atoms with Gasteiger partial charge in [0, 0.05) is 17.1 Å². The fraction of sp³-hybridized carbons (Fsp3) is 0.200. The molecule has 0 bridgehead atoms. The van der Waals surface area contributed by atoms with Crippen LogP contribution in [-0.2, 0) is 4.79 Å². The second-order valence-corrected chi connectivity index (χ2v) is 8.60. The van der Waals surface area contributed by atoms with Crippen LogP contribution >= 0.6 is 23.1 Å². The van der Waals surface area contributed by atoms with Crippen molar-refractivity contribution in [2.24, 2.45) is 0 Å². The van der Waals surface area contributed by atoms with Crippen molar-refractivity contribution in [3.05, 3.63) is 52.4 Å². The molecule has 140 valence electrons. The van der Waals surface area contributed by atoms with Crippen LogP contribution in [0.5, 0.6) is 0 Å². The summed E-state index contributed by atoms with van der Waals surface area (Å²) in [5, 5.41) is 23.2. The van der Waals surface area contributed by atoms with Crippen molar-refractivity contribution in [2.75, 3.05) is 11.1 Å². The van der Waals surface area contributed by atoms with E-state index in [0.29, 0.717) is 22.7 Å². The first-order valence-electron chi connectivity index (χ1n) is 8.74. The molecule has 0 saturated heterocycles. The highest BCUT2D eigenvalue weighted by Crippen LogP contribution is 2.32. The molecule has 1 amide bonds. The van der Waals surface area contributed by atoms with Gasteiger partial charge in [0.25, 0.3) is 0 Å². The van der Waals surface area contributed by atoms with E-state index in [1.165, 1.54) is 23.1 Å². The number of aryl methyl sites for hydroxylation is 1. The number of pyridine rings is 1. The fourth-order valence-electron chi connectivity index (χ4n) is 2.98. The monoisotopic (exact) mass is 407 g/mol. The van der Waals surface area contributed by atoms with Crippen LogP contribution in [0.4, 0.5) is 5.00 Å². The topological polar surface area (TPSA) is 83.1 Å². The van der Waals surface area contributed by atoms with E-state index in [4.69, 9.17) is 0 Å². The number of nitrogens with one attached hydrogen (secondary N) is 1. The maximum Gasteiger partial charge on any atom is 0.225 e. The van der Waals surface area contributed by atoms with E-state index in [-0.39, 0.29) is 5.91 Å². The summed E-state index contributed by atoms with van der Waals surface area (Å²) in [6.45, 7) is 3.85. The number of para-hydroxylation sites is 1. The van der Waals surface area contributed by atoms with Gasteiger partial charge >= 0.3 is 0 Å². The number of anilines is 1. The van der Waals surface area contributed by atoms with Crippen molar-refractivity contribution < 1.29 is 4.79 Å². The van der Waals surface area contributed by atoms with Crippen LogP contribution in [0.25, 0.3) is 16.6 Å². The highest BCUT2D eigenvalue weighted by molar-refractivity contribution is 7.99. The smallest absolute Gasteiger partial charge is 0.225 e. The molecule has 0 aliphatic heterocycles. The molecule has 3 aromatic heterocycles. The predicted octanol–water partition coefficient (Wildman–Crippen LogP) is 4.55.